The molecule has 1 atom stereocenters. The van der Waals surface area contributed by atoms with Crippen molar-refractivity contribution in [2.24, 2.45) is 0 Å². The molecule has 0 heterocycles. The van der Waals surface area contributed by atoms with E-state index in [1.54, 1.807) is 0 Å². The first-order valence-corrected chi connectivity index (χ1v) is 5.81. The molecule has 0 bridgehead atoms. The highest BCUT2D eigenvalue weighted by molar-refractivity contribution is 5.48. The van der Waals surface area contributed by atoms with Crippen LogP contribution in [0, 0.1) is 6.92 Å². The van der Waals surface area contributed by atoms with E-state index in [1.807, 2.05) is 7.05 Å². The van der Waals surface area contributed by atoms with Gasteiger partial charge in [0, 0.05) is 25.3 Å². The van der Waals surface area contributed by atoms with Crippen molar-refractivity contribution in [3.05, 3.63) is 29.8 Å². The van der Waals surface area contributed by atoms with Crippen molar-refractivity contribution in [2.45, 2.75) is 20.0 Å². The average Bonchev–Trinajstić information content (AvgIpc) is 2.26. The van der Waals surface area contributed by atoms with Gasteiger partial charge in [-0.25, -0.2) is 0 Å². The molecule has 0 aliphatic rings. The lowest BCUT2D eigenvalue weighted by molar-refractivity contribution is 0.180. The summed E-state index contributed by atoms with van der Waals surface area (Å²) >= 11 is 0. The number of aliphatic hydroxyl groups is 1. The van der Waals surface area contributed by atoms with Crippen LogP contribution < -0.4 is 10.2 Å². The first-order chi connectivity index (χ1) is 7.67. The fraction of sp³-hybridized carbons (Fsp3) is 0.538. The number of likely N-dealkylation sites (N-methyl/N-ethyl adjacent to an activating group) is 2. The van der Waals surface area contributed by atoms with E-state index in [0.717, 1.165) is 6.54 Å². The third-order valence-corrected chi connectivity index (χ3v) is 2.62. The van der Waals surface area contributed by atoms with Crippen molar-refractivity contribution in [3.8, 4) is 0 Å². The van der Waals surface area contributed by atoms with E-state index in [2.05, 4.69) is 48.3 Å². The largest absolute Gasteiger partial charge is 0.390 e. The highest BCUT2D eigenvalue weighted by Crippen LogP contribution is 2.15. The Morgan fingerprint density at radius 2 is 2.19 bits per heavy atom. The van der Waals surface area contributed by atoms with Gasteiger partial charge < -0.3 is 15.3 Å². The molecular formula is C13H22N2O. The molecule has 0 spiro atoms. The van der Waals surface area contributed by atoms with E-state index in [9.17, 15) is 5.11 Å². The maximum atomic E-state index is 9.78. The molecule has 90 valence electrons. The molecule has 1 aromatic rings. The lowest BCUT2D eigenvalue weighted by Crippen LogP contribution is -2.37. The summed E-state index contributed by atoms with van der Waals surface area (Å²) in [6.07, 6.45) is -0.328. The van der Waals surface area contributed by atoms with E-state index in [4.69, 9.17) is 0 Å². The molecule has 0 saturated carbocycles. The fourth-order valence-corrected chi connectivity index (χ4v) is 1.80. The number of aryl methyl sites for hydroxylation is 1. The van der Waals surface area contributed by atoms with Gasteiger partial charge in [0.15, 0.2) is 0 Å². The normalized spacial score (nSPS) is 12.5. The van der Waals surface area contributed by atoms with Crippen molar-refractivity contribution in [2.75, 3.05) is 31.6 Å². The standard InChI is InChI=1S/C13H22N2O/c1-4-15(10-13(16)9-14-3)12-7-5-6-11(2)8-12/h5-8,13-14,16H,4,9-10H2,1-3H3. The molecule has 0 aromatic heterocycles. The van der Waals surface area contributed by atoms with Crippen LogP contribution >= 0.6 is 0 Å². The van der Waals surface area contributed by atoms with Crippen LogP contribution in [0.3, 0.4) is 0 Å². The zero-order valence-electron chi connectivity index (χ0n) is 10.4. The third-order valence-electron chi connectivity index (χ3n) is 2.62. The van der Waals surface area contributed by atoms with Crippen LogP contribution in [0.2, 0.25) is 0 Å². The van der Waals surface area contributed by atoms with Crippen molar-refractivity contribution < 1.29 is 5.11 Å². The van der Waals surface area contributed by atoms with E-state index >= 15 is 0 Å². The number of anilines is 1. The SMILES string of the molecule is CCN(CC(O)CNC)c1cccc(C)c1. The summed E-state index contributed by atoms with van der Waals surface area (Å²) < 4.78 is 0. The molecule has 0 saturated heterocycles. The Hall–Kier alpha value is -1.06. The molecule has 16 heavy (non-hydrogen) atoms. The molecule has 0 aliphatic carbocycles. The smallest absolute Gasteiger partial charge is 0.0839 e. The third kappa shape index (κ3) is 3.83. The Kier molecular flexibility index (Phi) is 5.29. The van der Waals surface area contributed by atoms with E-state index in [1.165, 1.54) is 11.3 Å². The van der Waals surface area contributed by atoms with Crippen LogP contribution in [-0.2, 0) is 0 Å². The summed E-state index contributed by atoms with van der Waals surface area (Å²) in [5.41, 5.74) is 2.43. The molecular weight excluding hydrogens is 200 g/mol. The van der Waals surface area contributed by atoms with Gasteiger partial charge in [-0.05, 0) is 38.6 Å². The van der Waals surface area contributed by atoms with Crippen LogP contribution in [0.5, 0.6) is 0 Å². The Bertz CT molecular complexity index is 315. The van der Waals surface area contributed by atoms with E-state index < -0.39 is 0 Å². The summed E-state index contributed by atoms with van der Waals surface area (Å²) in [7, 11) is 1.85. The van der Waals surface area contributed by atoms with Crippen LogP contribution in [-0.4, -0.2) is 37.9 Å². The van der Waals surface area contributed by atoms with Gasteiger partial charge in [0.2, 0.25) is 0 Å². The molecule has 2 N–H and O–H groups in total. The van der Waals surface area contributed by atoms with Crippen LogP contribution in [0.4, 0.5) is 5.69 Å². The highest BCUT2D eigenvalue weighted by Gasteiger charge is 2.10. The summed E-state index contributed by atoms with van der Waals surface area (Å²) in [6, 6.07) is 8.37. The van der Waals surface area contributed by atoms with Crippen LogP contribution in [0.25, 0.3) is 0 Å². The molecule has 1 aromatic carbocycles. The van der Waals surface area contributed by atoms with Crippen LogP contribution in [0.1, 0.15) is 12.5 Å². The van der Waals surface area contributed by atoms with Crippen molar-refractivity contribution in [1.29, 1.82) is 0 Å². The molecule has 0 fully saturated rings. The molecule has 3 nitrogen and oxygen atoms in total. The molecule has 0 amide bonds. The Morgan fingerprint density at radius 1 is 1.44 bits per heavy atom. The van der Waals surface area contributed by atoms with Gasteiger partial charge in [-0.2, -0.15) is 0 Å². The highest BCUT2D eigenvalue weighted by atomic mass is 16.3. The Labute approximate surface area is 98.1 Å². The molecule has 1 unspecified atom stereocenters. The zero-order chi connectivity index (χ0) is 12.0. The summed E-state index contributed by atoms with van der Waals surface area (Å²) in [5, 5.41) is 12.8. The van der Waals surface area contributed by atoms with Crippen molar-refractivity contribution in [3.63, 3.8) is 0 Å². The van der Waals surface area contributed by atoms with Crippen molar-refractivity contribution >= 4 is 5.69 Å². The number of nitrogens with zero attached hydrogens (tertiary/aromatic N) is 1. The van der Waals surface area contributed by atoms with Crippen LogP contribution in [0.15, 0.2) is 24.3 Å². The predicted molar refractivity (Wildman–Crippen MR) is 69.0 cm³/mol. The molecule has 1 rings (SSSR count). The second kappa shape index (κ2) is 6.51. The quantitative estimate of drug-likeness (QED) is 0.764. The minimum Gasteiger partial charge on any atom is -0.390 e. The lowest BCUT2D eigenvalue weighted by Gasteiger charge is -2.26. The summed E-state index contributed by atoms with van der Waals surface area (Å²) in [6.45, 7) is 6.39. The number of nitrogens with one attached hydrogen (secondary N) is 1. The van der Waals surface area contributed by atoms with Gasteiger partial charge >= 0.3 is 0 Å². The molecule has 0 aliphatic heterocycles. The van der Waals surface area contributed by atoms with E-state index in [0.29, 0.717) is 13.1 Å². The zero-order valence-corrected chi connectivity index (χ0v) is 10.4. The average molecular weight is 222 g/mol. The number of hydrogen-bond donors (Lipinski definition) is 2. The van der Waals surface area contributed by atoms with Gasteiger partial charge in [-0.15, -0.1) is 0 Å². The summed E-state index contributed by atoms with van der Waals surface area (Å²) in [4.78, 5) is 2.19. The van der Waals surface area contributed by atoms with Gasteiger partial charge in [-0.1, -0.05) is 12.1 Å². The number of benzene rings is 1. The topological polar surface area (TPSA) is 35.5 Å². The minimum atomic E-state index is -0.328. The Morgan fingerprint density at radius 3 is 2.75 bits per heavy atom. The fourth-order valence-electron chi connectivity index (χ4n) is 1.80. The van der Waals surface area contributed by atoms with E-state index in [-0.39, 0.29) is 6.10 Å². The molecule has 0 radical (unpaired) electrons. The number of rotatable bonds is 6. The maximum Gasteiger partial charge on any atom is 0.0839 e. The van der Waals surface area contributed by atoms with Crippen molar-refractivity contribution in [1.82, 2.24) is 5.32 Å². The van der Waals surface area contributed by atoms with Gasteiger partial charge in [0.25, 0.3) is 0 Å². The number of hydrogen-bond acceptors (Lipinski definition) is 3. The van der Waals surface area contributed by atoms with Gasteiger partial charge in [0.1, 0.15) is 0 Å². The summed E-state index contributed by atoms with van der Waals surface area (Å²) in [5.74, 6) is 0. The monoisotopic (exact) mass is 222 g/mol. The second-order valence-electron chi connectivity index (χ2n) is 4.09. The molecule has 3 heteroatoms. The number of aliphatic hydroxyl groups excluding tert-OH is 1. The minimum absolute atomic E-state index is 0.328. The maximum absolute atomic E-state index is 9.78. The second-order valence-corrected chi connectivity index (χ2v) is 4.09. The van der Waals surface area contributed by atoms with Gasteiger partial charge in [-0.3, -0.25) is 0 Å². The first kappa shape index (κ1) is 13.0. The lowest BCUT2D eigenvalue weighted by atomic mass is 10.2. The Balaban J connectivity index is 2.67. The van der Waals surface area contributed by atoms with Gasteiger partial charge in [0.05, 0.1) is 6.10 Å². The predicted octanol–water partition coefficient (Wildman–Crippen LogP) is 1.40. The first-order valence-electron chi connectivity index (χ1n) is 5.81.